The van der Waals surface area contributed by atoms with E-state index < -0.39 is 11.9 Å². The lowest BCUT2D eigenvalue weighted by atomic mass is 9.97. The van der Waals surface area contributed by atoms with E-state index >= 15 is 0 Å². The molecule has 1 saturated heterocycles. The summed E-state index contributed by atoms with van der Waals surface area (Å²) in [6.07, 6.45) is 1.74. The summed E-state index contributed by atoms with van der Waals surface area (Å²) in [4.78, 5) is 40.6. The fourth-order valence-corrected chi connectivity index (χ4v) is 4.56. The highest BCUT2D eigenvalue weighted by Crippen LogP contribution is 2.28. The van der Waals surface area contributed by atoms with Gasteiger partial charge in [0.15, 0.2) is 0 Å². The lowest BCUT2D eigenvalue weighted by molar-refractivity contribution is -0.145. The van der Waals surface area contributed by atoms with Gasteiger partial charge in [-0.15, -0.1) is 0 Å². The monoisotopic (exact) mass is 488 g/mol. The molecule has 1 aromatic carbocycles. The first-order valence-corrected chi connectivity index (χ1v) is 12.0. The van der Waals surface area contributed by atoms with E-state index in [1.54, 1.807) is 32.7 Å². The van der Waals surface area contributed by atoms with Crippen LogP contribution in [0.1, 0.15) is 42.7 Å². The molecule has 9 nitrogen and oxygen atoms in total. The molecule has 1 fully saturated rings. The number of piperidine rings is 1. The zero-order chi connectivity index (χ0) is 24.2. The number of aromatic nitrogens is 2. The maximum absolute atomic E-state index is 13.3. The molecule has 2 aliphatic rings. The van der Waals surface area contributed by atoms with Crippen molar-refractivity contribution in [2.45, 2.75) is 32.2 Å². The summed E-state index contributed by atoms with van der Waals surface area (Å²) in [5, 5.41) is 14.5. The van der Waals surface area contributed by atoms with Gasteiger partial charge >= 0.3 is 5.97 Å². The van der Waals surface area contributed by atoms with Crippen molar-refractivity contribution < 1.29 is 24.2 Å². The van der Waals surface area contributed by atoms with Crippen molar-refractivity contribution in [2.24, 2.45) is 5.92 Å². The molecule has 2 aromatic rings. The zero-order valence-corrected chi connectivity index (χ0v) is 19.9. The van der Waals surface area contributed by atoms with Gasteiger partial charge in [-0.3, -0.25) is 19.1 Å². The number of carbonyl (C=O) groups is 3. The number of nitrogens with zero attached hydrogens (tertiary/aromatic N) is 4. The van der Waals surface area contributed by atoms with Crippen LogP contribution in [0, 0.1) is 5.92 Å². The summed E-state index contributed by atoms with van der Waals surface area (Å²) in [6.45, 7) is 4.05. The molecule has 0 saturated carbocycles. The van der Waals surface area contributed by atoms with E-state index in [0.29, 0.717) is 62.1 Å². The van der Waals surface area contributed by atoms with E-state index in [2.05, 4.69) is 5.10 Å². The number of carbonyl (C=O) groups excluding carboxylic acids is 2. The van der Waals surface area contributed by atoms with Crippen molar-refractivity contribution >= 4 is 29.4 Å². The van der Waals surface area contributed by atoms with Gasteiger partial charge in [0.05, 0.1) is 24.3 Å². The normalized spacial score (nSPS) is 18.8. The van der Waals surface area contributed by atoms with Gasteiger partial charge in [0.1, 0.15) is 12.2 Å². The topological polar surface area (TPSA) is 105 Å². The van der Waals surface area contributed by atoms with Crippen molar-refractivity contribution in [3.8, 4) is 11.3 Å². The van der Waals surface area contributed by atoms with E-state index in [1.165, 1.54) is 0 Å². The molecule has 3 heterocycles. The summed E-state index contributed by atoms with van der Waals surface area (Å²) in [5.41, 5.74) is 1.92. The standard InChI is InChI=1S/C24H29ClN4O5/c1-2-11-34-15-19-13-28(14-22(30)27-9-7-17(8-10-27)24(32)33)23(31)21-12-20(26-29(19)21)16-3-5-18(25)6-4-16/h3-6,12,17,19H,2,7-11,13-15H2,1H3,(H,32,33). The average molecular weight is 489 g/mol. The van der Waals surface area contributed by atoms with Crippen LogP contribution in [0.25, 0.3) is 11.3 Å². The van der Waals surface area contributed by atoms with Crippen LogP contribution in [-0.2, 0) is 14.3 Å². The highest BCUT2D eigenvalue weighted by molar-refractivity contribution is 6.30. The SMILES string of the molecule is CCCOCC1CN(CC(=O)N2CCC(C(=O)O)CC2)C(=O)c2cc(-c3ccc(Cl)cc3)nn21. The molecule has 1 aromatic heterocycles. The van der Waals surface area contributed by atoms with Crippen molar-refractivity contribution in [1.82, 2.24) is 19.6 Å². The molecule has 2 amide bonds. The number of hydrogen-bond donors (Lipinski definition) is 1. The molecule has 0 bridgehead atoms. The summed E-state index contributed by atoms with van der Waals surface area (Å²) < 4.78 is 7.49. The molecule has 1 unspecified atom stereocenters. The van der Waals surface area contributed by atoms with Crippen LogP contribution in [0.2, 0.25) is 5.02 Å². The van der Waals surface area contributed by atoms with E-state index in [-0.39, 0.29) is 24.4 Å². The van der Waals surface area contributed by atoms with Crippen LogP contribution >= 0.6 is 11.6 Å². The minimum Gasteiger partial charge on any atom is -0.481 e. The second kappa shape index (κ2) is 10.6. The van der Waals surface area contributed by atoms with Crippen molar-refractivity contribution in [2.75, 3.05) is 39.4 Å². The lowest BCUT2D eigenvalue weighted by Crippen LogP contribution is -2.50. The van der Waals surface area contributed by atoms with E-state index in [0.717, 1.165) is 12.0 Å². The fraction of sp³-hybridized carbons (Fsp3) is 0.500. The van der Waals surface area contributed by atoms with Gasteiger partial charge in [-0.05, 0) is 37.5 Å². The lowest BCUT2D eigenvalue weighted by Gasteiger charge is -2.35. The molecule has 4 rings (SSSR count). The van der Waals surface area contributed by atoms with Gasteiger partial charge in [-0.2, -0.15) is 5.10 Å². The zero-order valence-electron chi connectivity index (χ0n) is 19.2. The van der Waals surface area contributed by atoms with Gasteiger partial charge in [-0.25, -0.2) is 0 Å². The van der Waals surface area contributed by atoms with Crippen LogP contribution in [0.4, 0.5) is 0 Å². The van der Waals surface area contributed by atoms with Gasteiger partial charge in [-0.1, -0.05) is 30.7 Å². The maximum atomic E-state index is 13.3. The molecule has 2 aliphatic heterocycles. The third-order valence-electron chi connectivity index (χ3n) is 6.34. The number of benzene rings is 1. The predicted octanol–water partition coefficient (Wildman–Crippen LogP) is 2.95. The summed E-state index contributed by atoms with van der Waals surface area (Å²) in [6, 6.07) is 8.78. The minimum atomic E-state index is -0.821. The van der Waals surface area contributed by atoms with Crippen molar-refractivity contribution in [3.05, 3.63) is 41.0 Å². The Bertz CT molecular complexity index is 1050. The van der Waals surface area contributed by atoms with E-state index in [4.69, 9.17) is 16.3 Å². The van der Waals surface area contributed by atoms with Crippen LogP contribution in [-0.4, -0.2) is 81.9 Å². The number of rotatable bonds is 8. The third kappa shape index (κ3) is 5.26. The van der Waals surface area contributed by atoms with Crippen LogP contribution in [0.3, 0.4) is 0 Å². The quantitative estimate of drug-likeness (QED) is 0.573. The Labute approximate surface area is 203 Å². The third-order valence-corrected chi connectivity index (χ3v) is 6.59. The fourth-order valence-electron chi connectivity index (χ4n) is 4.43. The second-order valence-corrected chi connectivity index (χ2v) is 9.21. The maximum Gasteiger partial charge on any atom is 0.306 e. The summed E-state index contributed by atoms with van der Waals surface area (Å²) in [7, 11) is 0. The molecular weight excluding hydrogens is 460 g/mol. The Hall–Kier alpha value is -2.91. The first-order valence-electron chi connectivity index (χ1n) is 11.6. The second-order valence-electron chi connectivity index (χ2n) is 8.77. The minimum absolute atomic E-state index is 0.0533. The Morgan fingerprint density at radius 1 is 1.21 bits per heavy atom. The van der Waals surface area contributed by atoms with Crippen molar-refractivity contribution in [1.29, 1.82) is 0 Å². The summed E-state index contributed by atoms with van der Waals surface area (Å²) >= 11 is 6.00. The summed E-state index contributed by atoms with van der Waals surface area (Å²) in [5.74, 6) is -1.66. The molecular formula is C24H29ClN4O5. The Balaban J connectivity index is 1.52. The predicted molar refractivity (Wildman–Crippen MR) is 126 cm³/mol. The number of fused-ring (bicyclic) bond motifs is 1. The van der Waals surface area contributed by atoms with E-state index in [9.17, 15) is 19.5 Å². The Morgan fingerprint density at radius 3 is 2.56 bits per heavy atom. The number of aliphatic carboxylic acids is 1. The highest BCUT2D eigenvalue weighted by atomic mass is 35.5. The molecule has 10 heteroatoms. The highest BCUT2D eigenvalue weighted by Gasteiger charge is 2.36. The average Bonchev–Trinajstić information content (AvgIpc) is 3.28. The molecule has 0 radical (unpaired) electrons. The molecule has 182 valence electrons. The van der Waals surface area contributed by atoms with Gasteiger partial charge < -0.3 is 19.6 Å². The first kappa shape index (κ1) is 24.2. The molecule has 34 heavy (non-hydrogen) atoms. The number of ether oxygens (including phenoxy) is 1. The smallest absolute Gasteiger partial charge is 0.306 e. The number of likely N-dealkylation sites (tertiary alicyclic amines) is 1. The number of halogens is 1. The Morgan fingerprint density at radius 2 is 1.91 bits per heavy atom. The number of hydrogen-bond acceptors (Lipinski definition) is 5. The molecule has 0 spiro atoms. The number of amides is 2. The van der Waals surface area contributed by atoms with Gasteiger partial charge in [0.25, 0.3) is 5.91 Å². The number of carboxylic acid groups (broad SMARTS) is 1. The van der Waals surface area contributed by atoms with E-state index in [1.807, 2.05) is 19.1 Å². The largest absolute Gasteiger partial charge is 0.481 e. The first-order chi connectivity index (χ1) is 16.4. The number of carboxylic acids is 1. The van der Waals surface area contributed by atoms with Gasteiger partial charge in [0.2, 0.25) is 5.91 Å². The van der Waals surface area contributed by atoms with Crippen molar-refractivity contribution in [3.63, 3.8) is 0 Å². The Kier molecular flexibility index (Phi) is 7.53. The molecule has 1 N–H and O–H groups in total. The molecule has 0 aliphatic carbocycles. The van der Waals surface area contributed by atoms with Crippen LogP contribution in [0.15, 0.2) is 30.3 Å². The van der Waals surface area contributed by atoms with Crippen LogP contribution in [0.5, 0.6) is 0 Å². The van der Waals surface area contributed by atoms with Crippen LogP contribution < -0.4 is 0 Å². The van der Waals surface area contributed by atoms with Gasteiger partial charge in [0, 0.05) is 36.8 Å². The molecule has 1 atom stereocenters.